The van der Waals surface area contributed by atoms with E-state index < -0.39 is 0 Å². The number of benzene rings is 1. The van der Waals surface area contributed by atoms with Crippen molar-refractivity contribution >= 4 is 11.7 Å². The lowest BCUT2D eigenvalue weighted by atomic mass is 10.0. The zero-order chi connectivity index (χ0) is 13.1. The maximum Gasteiger partial charge on any atom is 0.256 e. The molecule has 0 fully saturated rings. The van der Waals surface area contributed by atoms with Crippen LogP contribution in [0.15, 0.2) is 36.5 Å². The van der Waals surface area contributed by atoms with Gasteiger partial charge in [0.1, 0.15) is 5.82 Å². The second-order valence-electron chi connectivity index (χ2n) is 4.57. The van der Waals surface area contributed by atoms with Gasteiger partial charge in [0.2, 0.25) is 0 Å². The number of nitrogens with zero attached hydrogens (tertiary/aromatic N) is 2. The summed E-state index contributed by atoms with van der Waals surface area (Å²) in [4.78, 5) is 12.0. The second kappa shape index (κ2) is 5.04. The van der Waals surface area contributed by atoms with E-state index in [1.54, 1.807) is 24.0 Å². The fraction of sp³-hybridized carbons (Fsp3) is 0.286. The molecule has 0 spiro atoms. The zero-order valence-electron chi connectivity index (χ0n) is 10.8. The summed E-state index contributed by atoms with van der Waals surface area (Å²) in [6, 6.07) is 9.44. The van der Waals surface area contributed by atoms with Gasteiger partial charge in [-0.05, 0) is 23.6 Å². The molecule has 1 aromatic carbocycles. The minimum atomic E-state index is -0.117. The summed E-state index contributed by atoms with van der Waals surface area (Å²) in [7, 11) is 1.79. The van der Waals surface area contributed by atoms with Crippen LogP contribution in [0.3, 0.4) is 0 Å². The van der Waals surface area contributed by atoms with Crippen molar-refractivity contribution in [2.75, 3.05) is 5.32 Å². The smallest absolute Gasteiger partial charge is 0.256 e. The van der Waals surface area contributed by atoms with Gasteiger partial charge in [-0.25, -0.2) is 0 Å². The third-order valence-corrected chi connectivity index (χ3v) is 2.90. The molecule has 94 valence electrons. The van der Waals surface area contributed by atoms with E-state index in [0.717, 1.165) is 0 Å². The predicted octanol–water partition coefficient (Wildman–Crippen LogP) is 2.80. The molecule has 0 radical (unpaired) electrons. The quantitative estimate of drug-likeness (QED) is 0.901. The molecule has 0 bridgehead atoms. The van der Waals surface area contributed by atoms with Crippen LogP contribution in [-0.4, -0.2) is 15.7 Å². The predicted molar refractivity (Wildman–Crippen MR) is 71.7 cm³/mol. The second-order valence-corrected chi connectivity index (χ2v) is 4.57. The van der Waals surface area contributed by atoms with Crippen molar-refractivity contribution in [1.29, 1.82) is 0 Å². The maximum absolute atomic E-state index is 12.0. The third-order valence-electron chi connectivity index (χ3n) is 2.90. The summed E-state index contributed by atoms with van der Waals surface area (Å²) >= 11 is 0. The van der Waals surface area contributed by atoms with Gasteiger partial charge in [-0.3, -0.25) is 9.48 Å². The van der Waals surface area contributed by atoms with Crippen LogP contribution in [0.1, 0.15) is 35.7 Å². The van der Waals surface area contributed by atoms with Gasteiger partial charge in [-0.1, -0.05) is 26.0 Å². The third kappa shape index (κ3) is 2.59. The first-order valence-electron chi connectivity index (χ1n) is 5.97. The topological polar surface area (TPSA) is 46.9 Å². The molecule has 0 saturated carbocycles. The minimum absolute atomic E-state index is 0.117. The highest BCUT2D eigenvalue weighted by Crippen LogP contribution is 2.15. The fourth-order valence-electron chi connectivity index (χ4n) is 1.70. The average molecular weight is 243 g/mol. The van der Waals surface area contributed by atoms with Crippen molar-refractivity contribution in [3.05, 3.63) is 47.7 Å². The van der Waals surface area contributed by atoms with E-state index in [0.29, 0.717) is 17.3 Å². The molecule has 1 heterocycles. The van der Waals surface area contributed by atoms with Crippen LogP contribution in [0.25, 0.3) is 0 Å². The molecular weight excluding hydrogens is 226 g/mol. The molecule has 0 unspecified atom stereocenters. The number of amides is 1. The Hall–Kier alpha value is -2.10. The summed E-state index contributed by atoms with van der Waals surface area (Å²) in [5.41, 5.74) is 1.88. The van der Waals surface area contributed by atoms with Crippen LogP contribution in [-0.2, 0) is 7.05 Å². The molecule has 2 rings (SSSR count). The number of carbonyl (C=O) groups is 1. The summed E-state index contributed by atoms with van der Waals surface area (Å²) < 4.78 is 1.63. The molecule has 1 N–H and O–H groups in total. The number of aromatic nitrogens is 2. The Morgan fingerprint density at radius 2 is 1.89 bits per heavy atom. The van der Waals surface area contributed by atoms with Gasteiger partial charge in [-0.15, -0.1) is 0 Å². The zero-order valence-corrected chi connectivity index (χ0v) is 10.8. The number of anilines is 1. The fourth-order valence-corrected chi connectivity index (χ4v) is 1.70. The van der Waals surface area contributed by atoms with Crippen LogP contribution in [0.2, 0.25) is 0 Å². The summed E-state index contributed by atoms with van der Waals surface area (Å²) in [5, 5.41) is 6.82. The number of hydrogen-bond acceptors (Lipinski definition) is 2. The lowest BCUT2D eigenvalue weighted by Crippen LogP contribution is -2.14. The Bertz CT molecular complexity index is 540. The van der Waals surface area contributed by atoms with Crippen molar-refractivity contribution in [3.63, 3.8) is 0 Å². The average Bonchev–Trinajstić information content (AvgIpc) is 2.75. The lowest BCUT2D eigenvalue weighted by Gasteiger charge is -2.08. The molecule has 4 nitrogen and oxygen atoms in total. The molecule has 2 aromatic rings. The Morgan fingerprint density at radius 3 is 2.39 bits per heavy atom. The normalized spacial score (nSPS) is 10.7. The number of rotatable bonds is 3. The number of carbonyl (C=O) groups excluding carboxylic acids is 1. The van der Waals surface area contributed by atoms with Crippen molar-refractivity contribution in [2.24, 2.45) is 7.05 Å². The monoisotopic (exact) mass is 243 g/mol. The number of nitrogens with one attached hydrogen (secondary N) is 1. The first kappa shape index (κ1) is 12.4. The highest BCUT2D eigenvalue weighted by molar-refractivity contribution is 6.03. The van der Waals surface area contributed by atoms with Crippen LogP contribution in [0, 0.1) is 0 Å². The van der Waals surface area contributed by atoms with Crippen LogP contribution in [0.4, 0.5) is 5.82 Å². The minimum Gasteiger partial charge on any atom is -0.307 e. The molecule has 18 heavy (non-hydrogen) atoms. The van der Waals surface area contributed by atoms with E-state index in [1.165, 1.54) is 5.56 Å². The first-order chi connectivity index (χ1) is 8.58. The van der Waals surface area contributed by atoms with E-state index in [4.69, 9.17) is 0 Å². The molecule has 1 amide bonds. The van der Waals surface area contributed by atoms with Gasteiger partial charge in [0.05, 0.1) is 6.20 Å². The van der Waals surface area contributed by atoms with Crippen LogP contribution in [0.5, 0.6) is 0 Å². The van der Waals surface area contributed by atoms with Crippen LogP contribution >= 0.6 is 0 Å². The number of aryl methyl sites for hydroxylation is 1. The van der Waals surface area contributed by atoms with Crippen LogP contribution < -0.4 is 5.32 Å². The Kier molecular flexibility index (Phi) is 3.46. The highest BCUT2D eigenvalue weighted by Gasteiger charge is 2.08. The van der Waals surface area contributed by atoms with E-state index >= 15 is 0 Å². The Morgan fingerprint density at radius 1 is 1.22 bits per heavy atom. The molecule has 0 aliphatic rings. The van der Waals surface area contributed by atoms with E-state index in [-0.39, 0.29) is 5.91 Å². The SMILES string of the molecule is CC(C)c1ccc(C(=O)Nc2ccnn2C)cc1. The van der Waals surface area contributed by atoms with Crippen molar-refractivity contribution < 1.29 is 4.79 Å². The van der Waals surface area contributed by atoms with E-state index in [2.05, 4.69) is 24.3 Å². The standard InChI is InChI=1S/C14H17N3O/c1-10(2)11-4-6-12(7-5-11)14(18)16-13-8-9-15-17(13)3/h4-10H,1-3H3,(H,16,18). The van der Waals surface area contributed by atoms with Gasteiger partial charge >= 0.3 is 0 Å². The number of hydrogen-bond donors (Lipinski definition) is 1. The molecule has 0 saturated heterocycles. The Labute approximate surface area is 107 Å². The highest BCUT2D eigenvalue weighted by atomic mass is 16.1. The van der Waals surface area contributed by atoms with Gasteiger partial charge < -0.3 is 5.32 Å². The first-order valence-corrected chi connectivity index (χ1v) is 5.97. The summed E-state index contributed by atoms with van der Waals surface area (Å²) in [6.07, 6.45) is 1.65. The Balaban J connectivity index is 2.12. The molecular formula is C14H17N3O. The van der Waals surface area contributed by atoms with Gasteiger partial charge in [0.25, 0.3) is 5.91 Å². The van der Waals surface area contributed by atoms with Gasteiger partial charge in [0, 0.05) is 18.7 Å². The lowest BCUT2D eigenvalue weighted by molar-refractivity contribution is 0.102. The van der Waals surface area contributed by atoms with Crippen molar-refractivity contribution in [2.45, 2.75) is 19.8 Å². The van der Waals surface area contributed by atoms with E-state index in [9.17, 15) is 4.79 Å². The maximum atomic E-state index is 12.0. The molecule has 1 aromatic heterocycles. The van der Waals surface area contributed by atoms with Gasteiger partial charge in [-0.2, -0.15) is 5.10 Å². The van der Waals surface area contributed by atoms with Gasteiger partial charge in [0.15, 0.2) is 0 Å². The molecule has 0 atom stereocenters. The molecule has 4 heteroatoms. The van der Waals surface area contributed by atoms with Crippen molar-refractivity contribution in [1.82, 2.24) is 9.78 Å². The van der Waals surface area contributed by atoms with E-state index in [1.807, 2.05) is 24.3 Å². The molecule has 0 aliphatic carbocycles. The van der Waals surface area contributed by atoms with Crippen molar-refractivity contribution in [3.8, 4) is 0 Å². The summed E-state index contributed by atoms with van der Waals surface area (Å²) in [6.45, 7) is 4.26. The molecule has 0 aliphatic heterocycles. The summed E-state index contributed by atoms with van der Waals surface area (Å²) in [5.74, 6) is 1.04. The largest absolute Gasteiger partial charge is 0.307 e.